The van der Waals surface area contributed by atoms with Crippen molar-refractivity contribution in [2.45, 2.75) is 25.4 Å². The maximum absolute atomic E-state index is 10.9. The Hall–Kier alpha value is -1.69. The highest BCUT2D eigenvalue weighted by molar-refractivity contribution is 7.10. The van der Waals surface area contributed by atoms with Gasteiger partial charge in [-0.3, -0.25) is 9.69 Å². The molecule has 0 radical (unpaired) electrons. The molecular weight excluding hydrogens is 306 g/mol. The van der Waals surface area contributed by atoms with Crippen LogP contribution in [0.25, 0.3) is 0 Å². The lowest BCUT2D eigenvalue weighted by molar-refractivity contribution is -0.117. The van der Waals surface area contributed by atoms with Crippen molar-refractivity contribution >= 4 is 17.2 Å². The molecule has 0 unspecified atom stereocenters. The van der Waals surface area contributed by atoms with E-state index in [1.54, 1.807) is 0 Å². The van der Waals surface area contributed by atoms with Crippen LogP contribution in [0.3, 0.4) is 0 Å². The number of hydrogen-bond acceptors (Lipinski definition) is 4. The van der Waals surface area contributed by atoms with E-state index in [0.717, 1.165) is 26.1 Å². The molecule has 1 aromatic heterocycles. The minimum absolute atomic E-state index is 0.255. The van der Waals surface area contributed by atoms with E-state index in [1.807, 2.05) is 17.4 Å². The number of carbonyl (C=O) groups excluding carboxylic acids is 1. The molecule has 0 saturated heterocycles. The molecule has 1 aliphatic rings. The summed E-state index contributed by atoms with van der Waals surface area (Å²) in [5, 5.41) is 5.58. The molecule has 1 amide bonds. The molecule has 23 heavy (non-hydrogen) atoms. The van der Waals surface area contributed by atoms with Gasteiger partial charge in [-0.25, -0.2) is 0 Å². The SMILES string of the molecule is NC(=O)CCNC[C@@H](c1ccccc1)N1CCc2sccc2C1. The van der Waals surface area contributed by atoms with Gasteiger partial charge in [0, 0.05) is 43.5 Å². The molecule has 0 saturated carbocycles. The normalized spacial score (nSPS) is 16.0. The van der Waals surface area contributed by atoms with Crippen LogP contribution >= 0.6 is 11.3 Å². The molecule has 3 N–H and O–H groups in total. The first-order chi connectivity index (χ1) is 11.2. The molecule has 3 rings (SSSR count). The van der Waals surface area contributed by atoms with Crippen LogP contribution in [0.1, 0.15) is 28.5 Å². The number of carbonyl (C=O) groups is 1. The summed E-state index contributed by atoms with van der Waals surface area (Å²) in [5.41, 5.74) is 7.99. The third-order valence-corrected chi connectivity index (χ3v) is 5.37. The zero-order valence-corrected chi connectivity index (χ0v) is 14.0. The molecule has 0 bridgehead atoms. The van der Waals surface area contributed by atoms with Gasteiger partial charge in [0.1, 0.15) is 0 Å². The van der Waals surface area contributed by atoms with Crippen molar-refractivity contribution in [3.63, 3.8) is 0 Å². The zero-order chi connectivity index (χ0) is 16.1. The van der Waals surface area contributed by atoms with Gasteiger partial charge < -0.3 is 11.1 Å². The van der Waals surface area contributed by atoms with Gasteiger partial charge in [0.05, 0.1) is 0 Å². The molecule has 4 nitrogen and oxygen atoms in total. The van der Waals surface area contributed by atoms with Crippen molar-refractivity contribution in [2.24, 2.45) is 5.73 Å². The first kappa shape index (κ1) is 16.2. The minimum Gasteiger partial charge on any atom is -0.370 e. The second-order valence-electron chi connectivity index (χ2n) is 5.94. The topological polar surface area (TPSA) is 58.4 Å². The van der Waals surface area contributed by atoms with Crippen LogP contribution in [0.5, 0.6) is 0 Å². The fourth-order valence-corrected chi connectivity index (χ4v) is 4.01. The van der Waals surface area contributed by atoms with E-state index in [1.165, 1.54) is 16.0 Å². The summed E-state index contributed by atoms with van der Waals surface area (Å²) in [7, 11) is 0. The number of primary amides is 1. The molecule has 2 heterocycles. The number of rotatable bonds is 7. The third kappa shape index (κ3) is 4.19. The Morgan fingerprint density at radius 1 is 1.30 bits per heavy atom. The number of fused-ring (bicyclic) bond motifs is 1. The van der Waals surface area contributed by atoms with Crippen LogP contribution in [0, 0.1) is 0 Å². The molecule has 0 aliphatic carbocycles. The van der Waals surface area contributed by atoms with E-state index >= 15 is 0 Å². The monoisotopic (exact) mass is 329 g/mol. The molecule has 2 aromatic rings. The molecule has 1 aromatic carbocycles. The van der Waals surface area contributed by atoms with E-state index in [4.69, 9.17) is 5.73 Å². The van der Waals surface area contributed by atoms with Crippen LogP contribution in [0.2, 0.25) is 0 Å². The first-order valence-electron chi connectivity index (χ1n) is 8.07. The summed E-state index contributed by atoms with van der Waals surface area (Å²) in [4.78, 5) is 14.9. The fraction of sp³-hybridized carbons (Fsp3) is 0.389. The number of nitrogens with zero attached hydrogens (tertiary/aromatic N) is 1. The Balaban J connectivity index is 1.69. The third-order valence-electron chi connectivity index (χ3n) is 4.35. The number of amides is 1. The van der Waals surface area contributed by atoms with Crippen molar-refractivity contribution in [1.82, 2.24) is 10.2 Å². The van der Waals surface area contributed by atoms with E-state index in [2.05, 4.69) is 45.9 Å². The van der Waals surface area contributed by atoms with Gasteiger partial charge >= 0.3 is 0 Å². The summed E-state index contributed by atoms with van der Waals surface area (Å²) >= 11 is 1.87. The molecule has 0 spiro atoms. The van der Waals surface area contributed by atoms with Crippen LogP contribution in [-0.2, 0) is 17.8 Å². The van der Waals surface area contributed by atoms with Gasteiger partial charge in [-0.05, 0) is 29.0 Å². The average molecular weight is 329 g/mol. The van der Waals surface area contributed by atoms with Gasteiger partial charge in [-0.15, -0.1) is 11.3 Å². The quantitative estimate of drug-likeness (QED) is 0.767. The van der Waals surface area contributed by atoms with Crippen molar-refractivity contribution in [3.8, 4) is 0 Å². The number of nitrogens with one attached hydrogen (secondary N) is 1. The number of thiophene rings is 1. The minimum atomic E-state index is -0.255. The standard InChI is InChI=1S/C18H23N3OS/c19-18(22)6-9-20-12-16(14-4-2-1-3-5-14)21-10-7-17-15(13-21)8-11-23-17/h1-5,8,11,16,20H,6-7,9-10,12-13H2,(H2,19,22)/t16-/m0/s1. The van der Waals surface area contributed by atoms with Crippen molar-refractivity contribution < 1.29 is 4.79 Å². The van der Waals surface area contributed by atoms with Crippen molar-refractivity contribution in [1.29, 1.82) is 0 Å². The van der Waals surface area contributed by atoms with Gasteiger partial charge in [-0.1, -0.05) is 30.3 Å². The smallest absolute Gasteiger partial charge is 0.218 e. The Kier molecular flexibility index (Phi) is 5.43. The summed E-state index contributed by atoms with van der Waals surface area (Å²) in [6.45, 7) is 3.54. The van der Waals surface area contributed by atoms with Gasteiger partial charge in [0.25, 0.3) is 0 Å². The average Bonchev–Trinajstić information content (AvgIpc) is 3.03. The molecule has 0 fully saturated rings. The Labute approximate surface area is 141 Å². The Morgan fingerprint density at radius 3 is 2.91 bits per heavy atom. The van der Waals surface area contributed by atoms with E-state index in [-0.39, 0.29) is 5.91 Å². The van der Waals surface area contributed by atoms with Crippen LogP contribution in [0.15, 0.2) is 41.8 Å². The van der Waals surface area contributed by atoms with Crippen molar-refractivity contribution in [3.05, 3.63) is 57.8 Å². The first-order valence-corrected chi connectivity index (χ1v) is 8.95. The highest BCUT2D eigenvalue weighted by Crippen LogP contribution is 2.30. The lowest BCUT2D eigenvalue weighted by Gasteiger charge is -2.35. The Morgan fingerprint density at radius 2 is 2.13 bits per heavy atom. The van der Waals surface area contributed by atoms with Gasteiger partial charge in [-0.2, -0.15) is 0 Å². The fourth-order valence-electron chi connectivity index (χ4n) is 3.12. The number of benzene rings is 1. The number of hydrogen-bond donors (Lipinski definition) is 2. The summed E-state index contributed by atoms with van der Waals surface area (Å²) in [5.74, 6) is -0.255. The molecule has 5 heteroatoms. The molecule has 1 atom stereocenters. The lowest BCUT2D eigenvalue weighted by atomic mass is 10.0. The molecule has 1 aliphatic heterocycles. The lowest BCUT2D eigenvalue weighted by Crippen LogP contribution is -2.39. The summed E-state index contributed by atoms with van der Waals surface area (Å²) in [6, 6.07) is 13.2. The van der Waals surface area contributed by atoms with Gasteiger partial charge in [0.2, 0.25) is 5.91 Å². The van der Waals surface area contributed by atoms with E-state index < -0.39 is 0 Å². The summed E-state index contributed by atoms with van der Waals surface area (Å²) in [6.07, 6.45) is 1.51. The second-order valence-corrected chi connectivity index (χ2v) is 6.94. The number of nitrogens with two attached hydrogens (primary N) is 1. The zero-order valence-electron chi connectivity index (χ0n) is 13.2. The van der Waals surface area contributed by atoms with E-state index in [0.29, 0.717) is 19.0 Å². The van der Waals surface area contributed by atoms with Crippen LogP contribution < -0.4 is 11.1 Å². The van der Waals surface area contributed by atoms with Crippen molar-refractivity contribution in [2.75, 3.05) is 19.6 Å². The summed E-state index contributed by atoms with van der Waals surface area (Å²) < 4.78 is 0. The highest BCUT2D eigenvalue weighted by Gasteiger charge is 2.25. The van der Waals surface area contributed by atoms with E-state index in [9.17, 15) is 4.79 Å². The van der Waals surface area contributed by atoms with Gasteiger partial charge in [0.15, 0.2) is 0 Å². The van der Waals surface area contributed by atoms with Crippen LogP contribution in [0.4, 0.5) is 0 Å². The van der Waals surface area contributed by atoms with Crippen LogP contribution in [-0.4, -0.2) is 30.4 Å². The Bertz CT molecular complexity index is 641. The second kappa shape index (κ2) is 7.73. The maximum atomic E-state index is 10.9. The highest BCUT2D eigenvalue weighted by atomic mass is 32.1. The predicted octanol–water partition coefficient (Wildman–Crippen LogP) is 2.31. The maximum Gasteiger partial charge on any atom is 0.218 e. The molecule has 122 valence electrons. The molecular formula is C18H23N3OS. The predicted molar refractivity (Wildman–Crippen MR) is 94.3 cm³/mol. The largest absolute Gasteiger partial charge is 0.370 e.